The van der Waals surface area contributed by atoms with Gasteiger partial charge in [0, 0.05) is 6.54 Å². The molecule has 0 fully saturated rings. The van der Waals surface area contributed by atoms with Gasteiger partial charge < -0.3 is 14.6 Å². The second-order valence-corrected chi connectivity index (χ2v) is 7.81. The first-order valence-corrected chi connectivity index (χ1v) is 10.3. The van der Waals surface area contributed by atoms with Gasteiger partial charge in [0.2, 0.25) is 5.91 Å². The van der Waals surface area contributed by atoms with E-state index >= 15 is 0 Å². The molecular weight excluding hydrogens is 376 g/mol. The van der Waals surface area contributed by atoms with Crippen molar-refractivity contribution < 1.29 is 14.3 Å². The zero-order chi connectivity index (χ0) is 20.9. The number of amides is 1. The molecule has 1 heterocycles. The highest BCUT2D eigenvalue weighted by Gasteiger charge is 2.30. The molecule has 1 atom stereocenters. The van der Waals surface area contributed by atoms with E-state index in [-0.39, 0.29) is 23.5 Å². The zero-order valence-corrected chi connectivity index (χ0v) is 17.7. The van der Waals surface area contributed by atoms with Crippen LogP contribution in [0.15, 0.2) is 23.4 Å². The van der Waals surface area contributed by atoms with E-state index in [0.29, 0.717) is 29.4 Å². The lowest BCUT2D eigenvalue weighted by atomic mass is 9.90. The van der Waals surface area contributed by atoms with Crippen molar-refractivity contribution in [2.45, 2.75) is 51.9 Å². The van der Waals surface area contributed by atoms with Gasteiger partial charge in [0.25, 0.3) is 0 Å². The minimum absolute atomic E-state index is 0.00652. The quantitative estimate of drug-likeness (QED) is 0.537. The molecule has 1 aromatic heterocycles. The summed E-state index contributed by atoms with van der Waals surface area (Å²) in [4.78, 5) is 28.9. The van der Waals surface area contributed by atoms with Gasteiger partial charge in [-0.05, 0) is 44.9 Å². The lowest BCUT2D eigenvalue weighted by Crippen LogP contribution is -2.49. The Morgan fingerprint density at radius 2 is 2.11 bits per heavy atom. The topological polar surface area (TPSA) is 97.0 Å². The third kappa shape index (κ3) is 4.65. The number of esters is 1. The molecule has 0 spiro atoms. The number of thioether (sulfide) groups is 1. The van der Waals surface area contributed by atoms with Crippen LogP contribution in [0, 0.1) is 17.2 Å². The largest absolute Gasteiger partial charge is 0.462 e. The number of aryl methyl sites for hydroxylation is 1. The Kier molecular flexibility index (Phi) is 7.08. The van der Waals surface area contributed by atoms with Gasteiger partial charge in [-0.2, -0.15) is 5.26 Å². The van der Waals surface area contributed by atoms with Crippen molar-refractivity contribution >= 4 is 34.7 Å². The molecule has 1 unspecified atom stereocenters. The highest BCUT2D eigenvalue weighted by molar-refractivity contribution is 7.99. The SMILES string of the molecule is CCOC(=O)c1ccc2c(c1)nc(SCC(=O)NC(C)(C#N)C(C)C)n2CC. The number of carbonyl (C=O) groups excluding carboxylic acids is 2. The average Bonchev–Trinajstić information content (AvgIpc) is 3.02. The van der Waals surface area contributed by atoms with Crippen LogP contribution < -0.4 is 5.32 Å². The fraction of sp³-hybridized carbons (Fsp3) is 0.500. The Balaban J connectivity index is 2.19. The number of nitriles is 1. The highest BCUT2D eigenvalue weighted by atomic mass is 32.2. The average molecular weight is 403 g/mol. The summed E-state index contributed by atoms with van der Waals surface area (Å²) in [6.07, 6.45) is 0. The summed E-state index contributed by atoms with van der Waals surface area (Å²) >= 11 is 1.31. The molecule has 1 aromatic carbocycles. The second kappa shape index (κ2) is 9.11. The van der Waals surface area contributed by atoms with Crippen molar-refractivity contribution in [3.63, 3.8) is 0 Å². The number of imidazole rings is 1. The molecule has 2 aromatic rings. The molecule has 0 radical (unpaired) electrons. The van der Waals surface area contributed by atoms with Crippen LogP contribution in [0.4, 0.5) is 0 Å². The smallest absolute Gasteiger partial charge is 0.338 e. The molecule has 7 nitrogen and oxygen atoms in total. The van der Waals surface area contributed by atoms with Gasteiger partial charge in [0.15, 0.2) is 5.16 Å². The van der Waals surface area contributed by atoms with Crippen molar-refractivity contribution in [2.75, 3.05) is 12.4 Å². The van der Waals surface area contributed by atoms with E-state index in [0.717, 1.165) is 5.52 Å². The van der Waals surface area contributed by atoms with Gasteiger partial charge in [-0.25, -0.2) is 9.78 Å². The van der Waals surface area contributed by atoms with Gasteiger partial charge in [0.1, 0.15) is 5.54 Å². The third-order valence-corrected chi connectivity index (χ3v) is 5.64. The highest BCUT2D eigenvalue weighted by Crippen LogP contribution is 2.25. The molecule has 8 heteroatoms. The van der Waals surface area contributed by atoms with E-state index in [2.05, 4.69) is 16.4 Å². The van der Waals surface area contributed by atoms with Crippen LogP contribution in [-0.4, -0.2) is 39.3 Å². The lowest BCUT2D eigenvalue weighted by Gasteiger charge is -2.27. The number of benzene rings is 1. The number of fused-ring (bicyclic) bond motifs is 1. The van der Waals surface area contributed by atoms with E-state index in [1.165, 1.54) is 11.8 Å². The molecule has 0 saturated heterocycles. The predicted octanol–water partition coefficient (Wildman–Crippen LogP) is 3.38. The van der Waals surface area contributed by atoms with Crippen LogP contribution in [0.1, 0.15) is 45.0 Å². The predicted molar refractivity (Wildman–Crippen MR) is 109 cm³/mol. The molecular formula is C20H26N4O3S. The van der Waals surface area contributed by atoms with Gasteiger partial charge in [0.05, 0.1) is 35.0 Å². The molecule has 0 aliphatic heterocycles. The number of aromatic nitrogens is 2. The summed E-state index contributed by atoms with van der Waals surface area (Å²) < 4.78 is 7.03. The Bertz CT molecular complexity index is 916. The fourth-order valence-electron chi connectivity index (χ4n) is 2.62. The molecule has 150 valence electrons. The van der Waals surface area contributed by atoms with E-state index in [9.17, 15) is 14.9 Å². The second-order valence-electron chi connectivity index (χ2n) is 6.87. The number of carbonyl (C=O) groups is 2. The summed E-state index contributed by atoms with van der Waals surface area (Å²) in [5.41, 5.74) is 1.12. The van der Waals surface area contributed by atoms with Crippen LogP contribution in [0.25, 0.3) is 11.0 Å². The van der Waals surface area contributed by atoms with Crippen LogP contribution in [0.5, 0.6) is 0 Å². The number of rotatable bonds is 8. The first-order valence-electron chi connectivity index (χ1n) is 9.28. The van der Waals surface area contributed by atoms with Crippen molar-refractivity contribution in [1.29, 1.82) is 5.26 Å². The minimum Gasteiger partial charge on any atom is -0.462 e. The van der Waals surface area contributed by atoms with Gasteiger partial charge >= 0.3 is 5.97 Å². The molecule has 0 bridgehead atoms. The standard InChI is InChI=1S/C20H26N4O3S/c1-6-24-16-9-8-14(18(26)27-7-2)10-15(16)22-19(24)28-11-17(25)23-20(5,12-21)13(3)4/h8-10,13H,6-7,11H2,1-5H3,(H,23,25). The Morgan fingerprint density at radius 3 is 2.68 bits per heavy atom. The van der Waals surface area contributed by atoms with E-state index < -0.39 is 5.54 Å². The van der Waals surface area contributed by atoms with Crippen LogP contribution in [0.2, 0.25) is 0 Å². The van der Waals surface area contributed by atoms with Gasteiger partial charge in [-0.15, -0.1) is 0 Å². The third-order valence-electron chi connectivity index (χ3n) is 4.66. The molecule has 28 heavy (non-hydrogen) atoms. The van der Waals surface area contributed by atoms with E-state index in [4.69, 9.17) is 4.74 Å². The van der Waals surface area contributed by atoms with Crippen LogP contribution in [-0.2, 0) is 16.1 Å². The van der Waals surface area contributed by atoms with E-state index in [1.807, 2.05) is 31.4 Å². The van der Waals surface area contributed by atoms with Crippen molar-refractivity contribution in [3.8, 4) is 6.07 Å². The summed E-state index contributed by atoms with van der Waals surface area (Å²) in [5, 5.41) is 12.8. The molecule has 0 saturated carbocycles. The first-order chi connectivity index (χ1) is 13.3. The Morgan fingerprint density at radius 1 is 1.39 bits per heavy atom. The lowest BCUT2D eigenvalue weighted by molar-refractivity contribution is -0.120. The first kappa shape index (κ1) is 21.8. The maximum absolute atomic E-state index is 12.3. The summed E-state index contributed by atoms with van der Waals surface area (Å²) in [5.74, 6) is -0.455. The fourth-order valence-corrected chi connectivity index (χ4v) is 3.50. The maximum atomic E-state index is 12.3. The van der Waals surface area contributed by atoms with E-state index in [1.54, 1.807) is 26.0 Å². The number of hydrogen-bond acceptors (Lipinski definition) is 6. The maximum Gasteiger partial charge on any atom is 0.338 e. The summed E-state index contributed by atoms with van der Waals surface area (Å²) in [6.45, 7) is 10.3. The number of ether oxygens (including phenoxy) is 1. The number of nitrogens with one attached hydrogen (secondary N) is 1. The van der Waals surface area contributed by atoms with Crippen molar-refractivity contribution in [1.82, 2.24) is 14.9 Å². The molecule has 2 rings (SSSR count). The molecule has 1 amide bonds. The monoisotopic (exact) mass is 402 g/mol. The minimum atomic E-state index is -0.906. The molecule has 0 aliphatic rings. The summed E-state index contributed by atoms with van der Waals surface area (Å²) in [6, 6.07) is 7.44. The number of nitrogens with zero attached hydrogens (tertiary/aromatic N) is 3. The normalized spacial score (nSPS) is 13.2. The van der Waals surface area contributed by atoms with Gasteiger partial charge in [-0.1, -0.05) is 25.6 Å². The Labute approximate surface area is 169 Å². The summed E-state index contributed by atoms with van der Waals surface area (Å²) in [7, 11) is 0. The van der Waals surface area contributed by atoms with Crippen LogP contribution in [0.3, 0.4) is 0 Å². The van der Waals surface area contributed by atoms with Gasteiger partial charge in [-0.3, -0.25) is 4.79 Å². The molecule has 0 aliphatic carbocycles. The van der Waals surface area contributed by atoms with Crippen LogP contribution >= 0.6 is 11.8 Å². The van der Waals surface area contributed by atoms with Crippen molar-refractivity contribution in [2.24, 2.45) is 5.92 Å². The number of hydrogen-bond donors (Lipinski definition) is 1. The van der Waals surface area contributed by atoms with Crippen molar-refractivity contribution in [3.05, 3.63) is 23.8 Å². The molecule has 1 N–H and O–H groups in total. The Hall–Kier alpha value is -2.53. The zero-order valence-electron chi connectivity index (χ0n) is 16.9.